The van der Waals surface area contributed by atoms with Crippen molar-refractivity contribution in [3.8, 4) is 0 Å². The average Bonchev–Trinajstić information content (AvgIpc) is 2.13. The Hall–Kier alpha value is -1.31. The third kappa shape index (κ3) is 4.17. The fraction of sp³-hybridized carbons (Fsp3) is 0.417. The molecule has 0 aliphatic carbocycles. The van der Waals surface area contributed by atoms with Crippen LogP contribution in [-0.4, -0.2) is 16.6 Å². The van der Waals surface area contributed by atoms with Gasteiger partial charge >= 0.3 is 12.0 Å². The highest BCUT2D eigenvalue weighted by molar-refractivity contribution is 6.32. The molecule has 0 aliphatic heterocycles. The van der Waals surface area contributed by atoms with E-state index in [0.717, 1.165) is 0 Å². The minimum atomic E-state index is -1.08. The molecule has 0 N–H and O–H groups in total. The summed E-state index contributed by atoms with van der Waals surface area (Å²) in [4.78, 5) is 18.9. The van der Waals surface area contributed by atoms with Gasteiger partial charge < -0.3 is 4.74 Å². The standard InChI is InChI=1S/C12H12Cl2N2O2/c1-12(2,3)18-11(17)10(15-4)7-5-8(13)16-9(14)6-7/h5-6,10H,1-3H3. The van der Waals surface area contributed by atoms with Gasteiger partial charge in [-0.25, -0.2) is 16.4 Å². The second-order valence-corrected chi connectivity index (χ2v) is 5.39. The van der Waals surface area contributed by atoms with Gasteiger partial charge in [0.15, 0.2) is 0 Å². The van der Waals surface area contributed by atoms with Crippen LogP contribution >= 0.6 is 23.2 Å². The second kappa shape index (κ2) is 5.55. The van der Waals surface area contributed by atoms with Crippen molar-refractivity contribution in [3.63, 3.8) is 0 Å². The number of rotatable bonds is 2. The van der Waals surface area contributed by atoms with Crippen molar-refractivity contribution in [2.75, 3.05) is 0 Å². The number of esters is 1. The van der Waals surface area contributed by atoms with Crippen LogP contribution in [-0.2, 0) is 9.53 Å². The van der Waals surface area contributed by atoms with E-state index >= 15 is 0 Å². The molecule has 0 saturated heterocycles. The maximum Gasteiger partial charge on any atom is 0.395 e. The number of nitrogens with zero attached hydrogens (tertiary/aromatic N) is 2. The SMILES string of the molecule is [C-]#[N+]C(C(=O)OC(C)(C)C)c1cc(Cl)nc(Cl)c1. The lowest BCUT2D eigenvalue weighted by Crippen LogP contribution is -2.26. The Bertz CT molecular complexity index is 484. The van der Waals surface area contributed by atoms with E-state index in [-0.39, 0.29) is 10.3 Å². The Kier molecular flexibility index (Phi) is 4.55. The van der Waals surface area contributed by atoms with Crippen LogP contribution in [0, 0.1) is 6.57 Å². The van der Waals surface area contributed by atoms with Gasteiger partial charge in [0.2, 0.25) is 0 Å². The molecule has 0 aromatic carbocycles. The van der Waals surface area contributed by atoms with Crippen LogP contribution in [0.3, 0.4) is 0 Å². The summed E-state index contributed by atoms with van der Waals surface area (Å²) < 4.78 is 5.17. The quantitative estimate of drug-likeness (QED) is 0.473. The Labute approximate surface area is 116 Å². The largest absolute Gasteiger partial charge is 0.454 e. The zero-order valence-electron chi connectivity index (χ0n) is 10.2. The summed E-state index contributed by atoms with van der Waals surface area (Å²) in [6, 6.07) is 1.78. The Morgan fingerprint density at radius 2 is 1.89 bits per heavy atom. The lowest BCUT2D eigenvalue weighted by atomic mass is 10.1. The number of aromatic nitrogens is 1. The normalized spacial score (nSPS) is 12.7. The zero-order valence-corrected chi connectivity index (χ0v) is 11.7. The van der Waals surface area contributed by atoms with Crippen molar-refractivity contribution < 1.29 is 9.53 Å². The number of hydrogen-bond donors (Lipinski definition) is 0. The summed E-state index contributed by atoms with van der Waals surface area (Å²) in [5.74, 6) is -0.629. The highest BCUT2D eigenvalue weighted by Crippen LogP contribution is 2.26. The van der Waals surface area contributed by atoms with Crippen LogP contribution < -0.4 is 0 Å². The molecule has 0 fully saturated rings. The fourth-order valence-corrected chi connectivity index (χ4v) is 1.74. The summed E-state index contributed by atoms with van der Waals surface area (Å²) >= 11 is 11.5. The van der Waals surface area contributed by atoms with Crippen molar-refractivity contribution in [3.05, 3.63) is 39.4 Å². The van der Waals surface area contributed by atoms with Gasteiger partial charge in [-0.3, -0.25) is 4.85 Å². The minimum Gasteiger partial charge on any atom is -0.454 e. The number of carbonyl (C=O) groups is 1. The molecule has 0 amide bonds. The van der Waals surface area contributed by atoms with Gasteiger partial charge in [0, 0.05) is 0 Å². The maximum atomic E-state index is 11.9. The number of ether oxygens (including phenoxy) is 1. The third-order valence-electron chi connectivity index (χ3n) is 1.86. The molecular formula is C12H12Cl2N2O2. The lowest BCUT2D eigenvalue weighted by Gasteiger charge is -2.19. The maximum absolute atomic E-state index is 11.9. The first-order chi connectivity index (χ1) is 8.23. The molecule has 1 unspecified atom stereocenters. The number of carbonyl (C=O) groups excluding carboxylic acids is 1. The molecule has 0 saturated carbocycles. The van der Waals surface area contributed by atoms with Crippen molar-refractivity contribution in [2.45, 2.75) is 32.4 Å². The number of halogens is 2. The molecule has 1 atom stereocenters. The molecule has 4 nitrogen and oxygen atoms in total. The van der Waals surface area contributed by atoms with Crippen LogP contribution in [0.2, 0.25) is 10.3 Å². The van der Waals surface area contributed by atoms with Crippen molar-refractivity contribution >= 4 is 29.2 Å². The van der Waals surface area contributed by atoms with Gasteiger partial charge in [-0.15, -0.1) is 0 Å². The van der Waals surface area contributed by atoms with E-state index in [1.54, 1.807) is 20.8 Å². The monoisotopic (exact) mass is 286 g/mol. The van der Waals surface area contributed by atoms with E-state index in [2.05, 4.69) is 9.83 Å². The average molecular weight is 287 g/mol. The molecule has 0 radical (unpaired) electrons. The molecule has 1 aromatic heterocycles. The first-order valence-corrected chi connectivity index (χ1v) is 5.91. The Morgan fingerprint density at radius 1 is 1.39 bits per heavy atom. The Morgan fingerprint density at radius 3 is 2.28 bits per heavy atom. The molecule has 0 bridgehead atoms. The molecule has 1 heterocycles. The molecule has 0 aliphatic rings. The molecule has 96 valence electrons. The summed E-state index contributed by atoms with van der Waals surface area (Å²) in [6.07, 6.45) is 0. The lowest BCUT2D eigenvalue weighted by molar-refractivity contribution is -0.155. The highest BCUT2D eigenvalue weighted by Gasteiger charge is 2.32. The van der Waals surface area contributed by atoms with Crippen LogP contribution in [0.5, 0.6) is 0 Å². The first kappa shape index (κ1) is 14.7. The van der Waals surface area contributed by atoms with E-state index in [9.17, 15) is 4.79 Å². The van der Waals surface area contributed by atoms with Gasteiger partial charge in [-0.2, -0.15) is 0 Å². The van der Waals surface area contributed by atoms with E-state index in [1.807, 2.05) is 0 Å². The predicted molar refractivity (Wildman–Crippen MR) is 69.4 cm³/mol. The van der Waals surface area contributed by atoms with Gasteiger partial charge in [-0.05, 0) is 32.9 Å². The zero-order chi connectivity index (χ0) is 13.9. The summed E-state index contributed by atoms with van der Waals surface area (Å²) in [6.45, 7) is 12.3. The first-order valence-electron chi connectivity index (χ1n) is 5.15. The third-order valence-corrected chi connectivity index (χ3v) is 2.25. The molecule has 6 heteroatoms. The van der Waals surface area contributed by atoms with Gasteiger partial charge in [0.05, 0.1) is 5.56 Å². The second-order valence-electron chi connectivity index (χ2n) is 4.61. The summed E-state index contributed by atoms with van der Waals surface area (Å²) in [5.41, 5.74) is -0.273. The van der Waals surface area contributed by atoms with Crippen molar-refractivity contribution in [2.24, 2.45) is 0 Å². The fourth-order valence-electron chi connectivity index (χ4n) is 1.26. The van der Waals surface area contributed by atoms with E-state index < -0.39 is 17.6 Å². The van der Waals surface area contributed by atoms with Gasteiger partial charge in [0.25, 0.3) is 0 Å². The Balaban J connectivity index is 3.04. The molecule has 18 heavy (non-hydrogen) atoms. The smallest absolute Gasteiger partial charge is 0.395 e. The highest BCUT2D eigenvalue weighted by atomic mass is 35.5. The molecular weight excluding hydrogens is 275 g/mol. The topological polar surface area (TPSA) is 43.5 Å². The van der Waals surface area contributed by atoms with Crippen LogP contribution in [0.25, 0.3) is 4.85 Å². The molecule has 1 rings (SSSR count). The van der Waals surface area contributed by atoms with Crippen molar-refractivity contribution in [1.82, 2.24) is 4.98 Å². The van der Waals surface area contributed by atoms with Crippen LogP contribution in [0.1, 0.15) is 32.4 Å². The molecule has 1 aromatic rings. The summed E-state index contributed by atoms with van der Waals surface area (Å²) in [7, 11) is 0. The van der Waals surface area contributed by atoms with E-state index in [0.29, 0.717) is 5.56 Å². The number of hydrogen-bond acceptors (Lipinski definition) is 3. The van der Waals surface area contributed by atoms with Crippen LogP contribution in [0.15, 0.2) is 12.1 Å². The number of pyridine rings is 1. The van der Waals surface area contributed by atoms with E-state index in [4.69, 9.17) is 34.5 Å². The molecule has 0 spiro atoms. The predicted octanol–water partition coefficient (Wildman–Crippen LogP) is 3.69. The minimum absolute atomic E-state index is 0.134. The van der Waals surface area contributed by atoms with Crippen LogP contribution in [0.4, 0.5) is 0 Å². The summed E-state index contributed by atoms with van der Waals surface area (Å²) in [5, 5.41) is 0.268. The van der Waals surface area contributed by atoms with Gasteiger partial charge in [0.1, 0.15) is 15.9 Å². The van der Waals surface area contributed by atoms with Gasteiger partial charge in [-0.1, -0.05) is 23.2 Å². The van der Waals surface area contributed by atoms with E-state index in [1.165, 1.54) is 12.1 Å². The van der Waals surface area contributed by atoms with Crippen molar-refractivity contribution in [1.29, 1.82) is 0 Å².